The fourth-order valence-electron chi connectivity index (χ4n) is 2.53. The smallest absolute Gasteiger partial charge is 0.299 e. The normalized spacial score (nSPS) is 20.0. The van der Waals surface area contributed by atoms with E-state index in [1.54, 1.807) is 6.07 Å². The van der Waals surface area contributed by atoms with Gasteiger partial charge in [-0.2, -0.15) is 4.39 Å². The molecular weight excluding hydrogens is 261 g/mol. The molecule has 6 heteroatoms. The Balaban J connectivity index is 2.07. The van der Waals surface area contributed by atoms with E-state index in [9.17, 15) is 14.5 Å². The Morgan fingerprint density at radius 1 is 1.40 bits per heavy atom. The summed E-state index contributed by atoms with van der Waals surface area (Å²) in [4.78, 5) is 14.5. The van der Waals surface area contributed by atoms with Crippen LogP contribution < -0.4 is 0 Å². The van der Waals surface area contributed by atoms with Crippen LogP contribution in [0.2, 0.25) is 0 Å². The highest BCUT2D eigenvalue weighted by molar-refractivity contribution is 5.35. The molecule has 1 aromatic carbocycles. The standard InChI is InChI=1S/C14H20FN3O2/c1-14(2)10-17(7-6-16(14)3)9-11-4-5-13(18(19)20)12(15)8-11/h4-5,8H,6-7,9-10H2,1-3H3. The molecule has 0 unspecified atom stereocenters. The summed E-state index contributed by atoms with van der Waals surface area (Å²) in [5.74, 6) is -0.763. The number of nitrogens with zero attached hydrogens (tertiary/aromatic N) is 3. The number of hydrogen-bond donors (Lipinski definition) is 0. The molecule has 0 N–H and O–H groups in total. The number of piperazine rings is 1. The van der Waals surface area contributed by atoms with E-state index in [0.29, 0.717) is 6.54 Å². The highest BCUT2D eigenvalue weighted by Crippen LogP contribution is 2.22. The first-order valence-electron chi connectivity index (χ1n) is 6.66. The highest BCUT2D eigenvalue weighted by atomic mass is 19.1. The number of rotatable bonds is 3. The maximum absolute atomic E-state index is 13.6. The fraction of sp³-hybridized carbons (Fsp3) is 0.571. The van der Waals surface area contributed by atoms with E-state index in [1.807, 2.05) is 0 Å². The van der Waals surface area contributed by atoms with Crippen LogP contribution in [0.3, 0.4) is 0 Å². The molecule has 2 rings (SSSR count). The summed E-state index contributed by atoms with van der Waals surface area (Å²) in [5.41, 5.74) is 0.387. The van der Waals surface area contributed by atoms with Gasteiger partial charge in [0, 0.05) is 37.8 Å². The molecule has 20 heavy (non-hydrogen) atoms. The van der Waals surface area contributed by atoms with Crippen LogP contribution in [0.1, 0.15) is 19.4 Å². The molecule has 0 aromatic heterocycles. The highest BCUT2D eigenvalue weighted by Gasteiger charge is 2.30. The Morgan fingerprint density at radius 2 is 2.10 bits per heavy atom. The van der Waals surface area contributed by atoms with Crippen LogP contribution in [0, 0.1) is 15.9 Å². The minimum Gasteiger partial charge on any atom is -0.299 e. The van der Waals surface area contributed by atoms with E-state index in [4.69, 9.17) is 0 Å². The van der Waals surface area contributed by atoms with Gasteiger partial charge < -0.3 is 0 Å². The number of nitro groups is 1. The topological polar surface area (TPSA) is 49.6 Å². The van der Waals surface area contributed by atoms with Gasteiger partial charge in [-0.15, -0.1) is 0 Å². The lowest BCUT2D eigenvalue weighted by Gasteiger charge is -2.45. The van der Waals surface area contributed by atoms with Crippen molar-refractivity contribution in [1.82, 2.24) is 9.80 Å². The third kappa shape index (κ3) is 3.13. The molecule has 1 aromatic rings. The minimum absolute atomic E-state index is 0.0809. The van der Waals surface area contributed by atoms with Crippen molar-refractivity contribution in [2.24, 2.45) is 0 Å². The van der Waals surface area contributed by atoms with Crippen molar-refractivity contribution in [2.45, 2.75) is 25.9 Å². The largest absolute Gasteiger partial charge is 0.304 e. The van der Waals surface area contributed by atoms with Crippen molar-refractivity contribution in [3.63, 3.8) is 0 Å². The Hall–Kier alpha value is -1.53. The second-order valence-corrected chi connectivity index (χ2v) is 5.99. The summed E-state index contributed by atoms with van der Waals surface area (Å²) in [7, 11) is 2.10. The average Bonchev–Trinajstić information content (AvgIpc) is 2.33. The molecule has 110 valence electrons. The van der Waals surface area contributed by atoms with Crippen molar-refractivity contribution < 1.29 is 9.31 Å². The van der Waals surface area contributed by atoms with Crippen LogP contribution in [0.25, 0.3) is 0 Å². The van der Waals surface area contributed by atoms with Crippen LogP contribution in [0.5, 0.6) is 0 Å². The van der Waals surface area contributed by atoms with Crippen LogP contribution in [0.4, 0.5) is 10.1 Å². The van der Waals surface area contributed by atoms with Gasteiger partial charge in [0.2, 0.25) is 5.82 Å². The minimum atomic E-state index is -0.763. The van der Waals surface area contributed by atoms with Gasteiger partial charge >= 0.3 is 5.69 Å². The van der Waals surface area contributed by atoms with Gasteiger partial charge in [0.05, 0.1) is 4.92 Å². The van der Waals surface area contributed by atoms with Gasteiger partial charge in [0.25, 0.3) is 0 Å². The molecule has 0 bridgehead atoms. The zero-order valence-electron chi connectivity index (χ0n) is 12.1. The van der Waals surface area contributed by atoms with Crippen molar-refractivity contribution in [3.05, 3.63) is 39.7 Å². The zero-order valence-corrected chi connectivity index (χ0v) is 12.1. The molecule has 0 amide bonds. The number of hydrogen-bond acceptors (Lipinski definition) is 4. The molecule has 1 heterocycles. The van der Waals surface area contributed by atoms with E-state index in [0.717, 1.165) is 25.2 Å². The van der Waals surface area contributed by atoms with Crippen molar-refractivity contribution in [3.8, 4) is 0 Å². The molecule has 1 saturated heterocycles. The van der Waals surface area contributed by atoms with Crippen molar-refractivity contribution in [2.75, 3.05) is 26.7 Å². The number of halogens is 1. The summed E-state index contributed by atoms with van der Waals surface area (Å²) in [6, 6.07) is 4.14. The summed E-state index contributed by atoms with van der Waals surface area (Å²) < 4.78 is 13.6. The van der Waals surface area contributed by atoms with Crippen LogP contribution in [-0.2, 0) is 6.54 Å². The second kappa shape index (κ2) is 5.46. The van der Waals surface area contributed by atoms with Crippen LogP contribution in [0.15, 0.2) is 18.2 Å². The van der Waals surface area contributed by atoms with Gasteiger partial charge in [0.15, 0.2) is 0 Å². The van der Waals surface area contributed by atoms with Gasteiger partial charge in [-0.25, -0.2) is 0 Å². The summed E-state index contributed by atoms with van der Waals surface area (Å²) in [5, 5.41) is 10.6. The fourth-order valence-corrected chi connectivity index (χ4v) is 2.53. The van der Waals surface area contributed by atoms with Gasteiger partial charge in [-0.3, -0.25) is 19.9 Å². The molecule has 0 aliphatic carbocycles. The van der Waals surface area contributed by atoms with Gasteiger partial charge in [-0.1, -0.05) is 6.07 Å². The lowest BCUT2D eigenvalue weighted by Crippen LogP contribution is -2.57. The Bertz CT molecular complexity index is 519. The molecule has 0 radical (unpaired) electrons. The lowest BCUT2D eigenvalue weighted by atomic mass is 9.99. The molecule has 1 aliphatic rings. The predicted molar refractivity (Wildman–Crippen MR) is 75.0 cm³/mol. The maximum Gasteiger partial charge on any atom is 0.304 e. The first-order valence-corrected chi connectivity index (χ1v) is 6.66. The number of likely N-dealkylation sites (N-methyl/N-ethyl adjacent to an activating group) is 1. The van der Waals surface area contributed by atoms with Crippen molar-refractivity contribution >= 4 is 5.69 Å². The second-order valence-electron chi connectivity index (χ2n) is 5.99. The number of nitro benzene ring substituents is 1. The Kier molecular flexibility index (Phi) is 4.06. The van der Waals surface area contributed by atoms with E-state index in [-0.39, 0.29) is 5.54 Å². The molecule has 1 fully saturated rings. The van der Waals surface area contributed by atoms with E-state index >= 15 is 0 Å². The van der Waals surface area contributed by atoms with Gasteiger partial charge in [-0.05, 0) is 32.5 Å². The third-order valence-corrected chi connectivity index (χ3v) is 4.01. The maximum atomic E-state index is 13.6. The molecular formula is C14H20FN3O2. The average molecular weight is 281 g/mol. The molecule has 1 aliphatic heterocycles. The molecule has 5 nitrogen and oxygen atoms in total. The summed E-state index contributed by atoms with van der Waals surface area (Å²) in [6.07, 6.45) is 0. The third-order valence-electron chi connectivity index (χ3n) is 4.01. The van der Waals surface area contributed by atoms with Crippen LogP contribution >= 0.6 is 0 Å². The Morgan fingerprint density at radius 3 is 2.65 bits per heavy atom. The van der Waals surface area contributed by atoms with Gasteiger partial charge in [0.1, 0.15) is 0 Å². The van der Waals surface area contributed by atoms with E-state index < -0.39 is 16.4 Å². The molecule has 0 atom stereocenters. The Labute approximate surface area is 118 Å². The lowest BCUT2D eigenvalue weighted by molar-refractivity contribution is -0.387. The SMILES string of the molecule is CN1CCN(Cc2ccc([N+](=O)[O-])c(F)c2)CC1(C)C. The molecule has 0 saturated carbocycles. The summed E-state index contributed by atoms with van der Waals surface area (Å²) >= 11 is 0. The quantitative estimate of drug-likeness (QED) is 0.630. The van der Waals surface area contributed by atoms with E-state index in [2.05, 4.69) is 30.7 Å². The summed E-state index contributed by atoms with van der Waals surface area (Å²) in [6.45, 7) is 7.74. The first kappa shape index (κ1) is 14.9. The predicted octanol–water partition coefficient (Wildman–Crippen LogP) is 2.26. The zero-order chi connectivity index (χ0) is 14.9. The van der Waals surface area contributed by atoms with E-state index in [1.165, 1.54) is 12.1 Å². The number of benzene rings is 1. The first-order chi connectivity index (χ1) is 9.29. The molecule has 0 spiro atoms. The monoisotopic (exact) mass is 281 g/mol. The van der Waals surface area contributed by atoms with Crippen molar-refractivity contribution in [1.29, 1.82) is 0 Å². The van der Waals surface area contributed by atoms with Crippen LogP contribution in [-0.4, -0.2) is 46.9 Å².